The molecule has 3 aromatic rings. The molecule has 1 heterocycles. The Morgan fingerprint density at radius 3 is 1.97 bits per heavy atom. The summed E-state index contributed by atoms with van der Waals surface area (Å²) in [5.74, 6) is 0.0304. The highest BCUT2D eigenvalue weighted by atomic mass is 16.7. The van der Waals surface area contributed by atoms with Gasteiger partial charge in [0.05, 0.1) is 38.1 Å². The molecular weight excluding hydrogens is 442 g/mol. The molecule has 180 valence electrons. The van der Waals surface area contributed by atoms with Crippen LogP contribution in [0.3, 0.4) is 0 Å². The van der Waals surface area contributed by atoms with E-state index in [-0.39, 0.29) is 18.1 Å². The summed E-state index contributed by atoms with van der Waals surface area (Å²) in [4.78, 5) is 3.13. The SMILES string of the molecule is [N-]=[N+]=N[C@H]1C[C@@H]2CO[C@@H](c3ccccc3)O[C@H]2[C@H](OCc2ccccc2)[C@H]1OCc1ccccc1. The summed E-state index contributed by atoms with van der Waals surface area (Å²) in [6.07, 6.45) is -1.01. The highest BCUT2D eigenvalue weighted by Gasteiger charge is 2.50. The Morgan fingerprint density at radius 2 is 1.37 bits per heavy atom. The molecule has 1 saturated heterocycles. The standard InChI is InChI=1S/C28H29N3O4/c29-31-30-24-16-23-19-34-28(22-14-8-3-9-15-22)35-25(23)27(33-18-21-12-6-2-7-13-21)26(24)32-17-20-10-4-1-5-11-20/h1-15,23-28H,16-19H2/t23-,24+,25-,26+,27+,28-/m1/s1. The summed E-state index contributed by atoms with van der Waals surface area (Å²) in [6, 6.07) is 29.5. The molecule has 6 atom stereocenters. The van der Waals surface area contributed by atoms with Gasteiger partial charge < -0.3 is 18.9 Å². The molecule has 35 heavy (non-hydrogen) atoms. The van der Waals surface area contributed by atoms with Crippen LogP contribution in [-0.4, -0.2) is 31.0 Å². The number of ether oxygens (including phenoxy) is 4. The van der Waals surface area contributed by atoms with Gasteiger partial charge in [-0.05, 0) is 23.1 Å². The molecule has 0 bridgehead atoms. The van der Waals surface area contributed by atoms with Crippen LogP contribution in [0.15, 0.2) is 96.1 Å². The molecule has 7 heteroatoms. The molecule has 2 aliphatic rings. The maximum atomic E-state index is 9.30. The number of rotatable bonds is 8. The van der Waals surface area contributed by atoms with E-state index in [4.69, 9.17) is 18.9 Å². The molecule has 0 N–H and O–H groups in total. The minimum atomic E-state index is -0.480. The topological polar surface area (TPSA) is 85.7 Å². The molecule has 0 amide bonds. The van der Waals surface area contributed by atoms with Gasteiger partial charge in [-0.15, -0.1) is 0 Å². The number of hydrogen-bond acceptors (Lipinski definition) is 5. The highest BCUT2D eigenvalue weighted by Crippen LogP contribution is 2.41. The van der Waals surface area contributed by atoms with E-state index in [0.29, 0.717) is 26.2 Å². The molecule has 1 saturated carbocycles. The van der Waals surface area contributed by atoms with E-state index in [0.717, 1.165) is 16.7 Å². The lowest BCUT2D eigenvalue weighted by Crippen LogP contribution is -2.58. The van der Waals surface area contributed by atoms with Crippen LogP contribution in [0.5, 0.6) is 0 Å². The van der Waals surface area contributed by atoms with Gasteiger partial charge in [0, 0.05) is 16.4 Å². The summed E-state index contributed by atoms with van der Waals surface area (Å²) in [6.45, 7) is 1.30. The van der Waals surface area contributed by atoms with Gasteiger partial charge in [-0.2, -0.15) is 0 Å². The predicted octanol–water partition coefficient (Wildman–Crippen LogP) is 5.97. The summed E-state index contributed by atoms with van der Waals surface area (Å²) in [5.41, 5.74) is 12.4. The van der Waals surface area contributed by atoms with Gasteiger partial charge >= 0.3 is 0 Å². The summed E-state index contributed by atoms with van der Waals surface area (Å²) >= 11 is 0. The quantitative estimate of drug-likeness (QED) is 0.230. The Labute approximate surface area is 205 Å². The summed E-state index contributed by atoms with van der Waals surface area (Å²) < 4.78 is 25.5. The zero-order chi connectivity index (χ0) is 23.9. The number of nitrogens with zero attached hydrogens (tertiary/aromatic N) is 3. The van der Waals surface area contributed by atoms with Crippen molar-refractivity contribution < 1.29 is 18.9 Å². The van der Waals surface area contributed by atoms with Crippen molar-refractivity contribution in [3.63, 3.8) is 0 Å². The number of azide groups is 1. The fourth-order valence-electron chi connectivity index (χ4n) is 4.89. The van der Waals surface area contributed by atoms with Crippen LogP contribution in [-0.2, 0) is 32.2 Å². The average molecular weight is 472 g/mol. The second-order valence-corrected chi connectivity index (χ2v) is 8.97. The monoisotopic (exact) mass is 471 g/mol. The molecule has 2 fully saturated rings. The van der Waals surface area contributed by atoms with E-state index in [2.05, 4.69) is 10.0 Å². The maximum Gasteiger partial charge on any atom is 0.184 e. The molecule has 7 nitrogen and oxygen atoms in total. The molecule has 0 aromatic heterocycles. The molecule has 0 spiro atoms. The fraction of sp³-hybridized carbons (Fsp3) is 0.357. The maximum absolute atomic E-state index is 9.30. The minimum Gasteiger partial charge on any atom is -0.370 e. The third-order valence-corrected chi connectivity index (χ3v) is 6.62. The van der Waals surface area contributed by atoms with Gasteiger partial charge in [-0.25, -0.2) is 0 Å². The molecule has 1 aliphatic carbocycles. The summed E-state index contributed by atoms with van der Waals surface area (Å²) in [7, 11) is 0. The van der Waals surface area contributed by atoms with Crippen LogP contribution in [0.1, 0.15) is 29.4 Å². The second kappa shape index (κ2) is 11.5. The lowest BCUT2D eigenvalue weighted by Gasteiger charge is -2.48. The minimum absolute atomic E-state index is 0.0304. The molecule has 1 aliphatic heterocycles. The highest BCUT2D eigenvalue weighted by molar-refractivity contribution is 5.18. The van der Waals surface area contributed by atoms with Crippen LogP contribution in [0, 0.1) is 5.92 Å². The third kappa shape index (κ3) is 5.73. The summed E-state index contributed by atoms with van der Waals surface area (Å²) in [5, 5.41) is 4.12. The molecule has 0 radical (unpaired) electrons. The Hall–Kier alpha value is -3.19. The second-order valence-electron chi connectivity index (χ2n) is 8.97. The van der Waals surface area contributed by atoms with Crippen LogP contribution in [0.2, 0.25) is 0 Å². The Morgan fingerprint density at radius 1 is 0.800 bits per heavy atom. The van der Waals surface area contributed by atoms with E-state index < -0.39 is 18.5 Å². The first-order valence-electron chi connectivity index (χ1n) is 12.0. The van der Waals surface area contributed by atoms with Gasteiger partial charge in [0.25, 0.3) is 0 Å². The number of hydrogen-bond donors (Lipinski definition) is 0. The van der Waals surface area contributed by atoms with Crippen molar-refractivity contribution in [2.24, 2.45) is 11.0 Å². The first-order chi connectivity index (χ1) is 17.3. The average Bonchev–Trinajstić information content (AvgIpc) is 2.92. The van der Waals surface area contributed by atoms with Gasteiger partial charge in [0.1, 0.15) is 6.10 Å². The van der Waals surface area contributed by atoms with E-state index in [1.54, 1.807) is 0 Å². The van der Waals surface area contributed by atoms with Crippen LogP contribution in [0.4, 0.5) is 0 Å². The fourth-order valence-corrected chi connectivity index (χ4v) is 4.89. The van der Waals surface area contributed by atoms with Crippen molar-refractivity contribution in [3.05, 3.63) is 118 Å². The first kappa shape index (κ1) is 23.5. The Balaban J connectivity index is 1.41. The molecule has 0 unspecified atom stereocenters. The van der Waals surface area contributed by atoms with E-state index in [1.165, 1.54) is 0 Å². The zero-order valence-corrected chi connectivity index (χ0v) is 19.4. The van der Waals surface area contributed by atoms with Crippen molar-refractivity contribution >= 4 is 0 Å². The van der Waals surface area contributed by atoms with E-state index >= 15 is 0 Å². The van der Waals surface area contributed by atoms with Gasteiger partial charge in [-0.3, -0.25) is 0 Å². The van der Waals surface area contributed by atoms with Gasteiger partial charge in [0.2, 0.25) is 0 Å². The lowest BCUT2D eigenvalue weighted by molar-refractivity contribution is -0.294. The first-order valence-corrected chi connectivity index (χ1v) is 12.0. The Kier molecular flexibility index (Phi) is 7.73. The van der Waals surface area contributed by atoms with Crippen molar-refractivity contribution in [2.75, 3.05) is 6.61 Å². The van der Waals surface area contributed by atoms with Crippen LogP contribution in [0.25, 0.3) is 10.4 Å². The van der Waals surface area contributed by atoms with Gasteiger partial charge in [0.15, 0.2) is 6.29 Å². The molecule has 5 rings (SSSR count). The van der Waals surface area contributed by atoms with E-state index in [1.807, 2.05) is 91.0 Å². The lowest BCUT2D eigenvalue weighted by atomic mass is 9.79. The van der Waals surface area contributed by atoms with Crippen molar-refractivity contribution in [1.29, 1.82) is 0 Å². The zero-order valence-electron chi connectivity index (χ0n) is 19.4. The predicted molar refractivity (Wildman–Crippen MR) is 131 cm³/mol. The van der Waals surface area contributed by atoms with Crippen molar-refractivity contribution in [1.82, 2.24) is 0 Å². The third-order valence-electron chi connectivity index (χ3n) is 6.62. The van der Waals surface area contributed by atoms with E-state index in [9.17, 15) is 5.53 Å². The largest absolute Gasteiger partial charge is 0.370 e. The number of fused-ring (bicyclic) bond motifs is 1. The number of benzene rings is 3. The normalized spacial score (nSPS) is 28.0. The van der Waals surface area contributed by atoms with Gasteiger partial charge in [-0.1, -0.05) is 96.1 Å². The molecule has 3 aromatic carbocycles. The van der Waals surface area contributed by atoms with Crippen LogP contribution < -0.4 is 0 Å². The van der Waals surface area contributed by atoms with Crippen molar-refractivity contribution in [2.45, 2.75) is 50.3 Å². The Bertz CT molecular complexity index is 1110. The smallest absolute Gasteiger partial charge is 0.184 e. The van der Waals surface area contributed by atoms with Crippen LogP contribution >= 0.6 is 0 Å². The van der Waals surface area contributed by atoms with Crippen molar-refractivity contribution in [3.8, 4) is 0 Å². The molecular formula is C28H29N3O4.